The number of carbonyl (C=O) groups excluding carboxylic acids is 1. The molecule has 1 aliphatic carbocycles. The van der Waals surface area contributed by atoms with Gasteiger partial charge < -0.3 is 10.6 Å². The number of carbonyl (C=O) groups is 1. The molecule has 14 heavy (non-hydrogen) atoms. The smallest absolute Gasteiger partial charge is 0.238 e. The van der Waals surface area contributed by atoms with Crippen LogP contribution in [0.2, 0.25) is 0 Å². The molecule has 0 spiro atoms. The quantitative estimate of drug-likeness (QED) is 0.574. The zero-order valence-electron chi connectivity index (χ0n) is 8.33. The van der Waals surface area contributed by atoms with Gasteiger partial charge in [0.1, 0.15) is 6.04 Å². The molecule has 78 valence electrons. The maximum absolute atomic E-state index is 11.8. The number of rotatable bonds is 1. The van der Waals surface area contributed by atoms with Gasteiger partial charge in [0.05, 0.1) is 0 Å². The minimum Gasteiger partial charge on any atom is -0.350 e. The van der Waals surface area contributed by atoms with Crippen molar-refractivity contribution in [1.82, 2.24) is 15.5 Å². The van der Waals surface area contributed by atoms with Crippen LogP contribution in [-0.4, -0.2) is 49.1 Å². The van der Waals surface area contributed by atoms with E-state index < -0.39 is 0 Å². The predicted molar refractivity (Wildman–Crippen MR) is 52.9 cm³/mol. The first-order chi connectivity index (χ1) is 6.84. The van der Waals surface area contributed by atoms with E-state index in [-0.39, 0.29) is 11.9 Å². The molecule has 2 aliphatic heterocycles. The van der Waals surface area contributed by atoms with Gasteiger partial charge in [-0.25, -0.2) is 0 Å². The van der Waals surface area contributed by atoms with Gasteiger partial charge in [0.15, 0.2) is 0 Å². The number of piperazine rings is 2. The molecular formula is C10H17N3O. The van der Waals surface area contributed by atoms with Crippen molar-refractivity contribution in [1.29, 1.82) is 0 Å². The second-order valence-corrected chi connectivity index (χ2v) is 4.67. The molecule has 1 amide bonds. The van der Waals surface area contributed by atoms with E-state index in [1.54, 1.807) is 0 Å². The van der Waals surface area contributed by atoms with Crippen LogP contribution in [0.1, 0.15) is 12.8 Å². The van der Waals surface area contributed by atoms with Crippen LogP contribution in [0, 0.1) is 5.92 Å². The highest BCUT2D eigenvalue weighted by atomic mass is 16.2. The van der Waals surface area contributed by atoms with E-state index in [1.165, 1.54) is 12.8 Å². The SMILES string of the molecule is O=C1NC(C2CC2)CN2CCNC[C@@H]12. The number of hydrogen-bond acceptors (Lipinski definition) is 3. The Bertz CT molecular complexity index is 252. The van der Waals surface area contributed by atoms with E-state index >= 15 is 0 Å². The van der Waals surface area contributed by atoms with E-state index in [4.69, 9.17) is 0 Å². The fourth-order valence-electron chi connectivity index (χ4n) is 2.57. The van der Waals surface area contributed by atoms with Gasteiger partial charge in [-0.1, -0.05) is 0 Å². The Labute approximate surface area is 84.0 Å². The zero-order chi connectivity index (χ0) is 9.54. The topological polar surface area (TPSA) is 44.4 Å². The molecule has 4 nitrogen and oxygen atoms in total. The zero-order valence-corrected chi connectivity index (χ0v) is 8.33. The largest absolute Gasteiger partial charge is 0.350 e. The number of amides is 1. The van der Waals surface area contributed by atoms with Crippen LogP contribution < -0.4 is 10.6 Å². The maximum atomic E-state index is 11.8. The first-order valence-electron chi connectivity index (χ1n) is 5.60. The third kappa shape index (κ3) is 1.42. The Kier molecular flexibility index (Phi) is 1.99. The molecule has 3 aliphatic rings. The lowest BCUT2D eigenvalue weighted by atomic mass is 10.0. The van der Waals surface area contributed by atoms with E-state index in [9.17, 15) is 4.79 Å². The van der Waals surface area contributed by atoms with Gasteiger partial charge in [0.25, 0.3) is 0 Å². The lowest BCUT2D eigenvalue weighted by Gasteiger charge is -2.42. The van der Waals surface area contributed by atoms with E-state index in [0.717, 1.165) is 32.1 Å². The minimum atomic E-state index is 0.0961. The Morgan fingerprint density at radius 1 is 1.36 bits per heavy atom. The molecule has 4 heteroatoms. The minimum absolute atomic E-state index is 0.0961. The summed E-state index contributed by atoms with van der Waals surface area (Å²) >= 11 is 0. The van der Waals surface area contributed by atoms with Gasteiger partial charge in [-0.3, -0.25) is 9.69 Å². The molecule has 3 rings (SSSR count). The number of fused-ring (bicyclic) bond motifs is 1. The van der Waals surface area contributed by atoms with Crippen molar-refractivity contribution < 1.29 is 4.79 Å². The summed E-state index contributed by atoms with van der Waals surface area (Å²) in [5.41, 5.74) is 0. The summed E-state index contributed by atoms with van der Waals surface area (Å²) in [6.07, 6.45) is 2.61. The molecule has 0 radical (unpaired) electrons. The summed E-state index contributed by atoms with van der Waals surface area (Å²) in [5.74, 6) is 1.01. The van der Waals surface area contributed by atoms with Gasteiger partial charge in [0, 0.05) is 32.2 Å². The second-order valence-electron chi connectivity index (χ2n) is 4.67. The normalized spacial score (nSPS) is 39.0. The summed E-state index contributed by atoms with van der Waals surface area (Å²) in [4.78, 5) is 14.1. The van der Waals surface area contributed by atoms with Gasteiger partial charge in [0.2, 0.25) is 5.91 Å². The Hall–Kier alpha value is -0.610. The fraction of sp³-hybridized carbons (Fsp3) is 0.900. The molecule has 0 aromatic carbocycles. The average Bonchev–Trinajstić information content (AvgIpc) is 3.01. The Morgan fingerprint density at radius 2 is 2.21 bits per heavy atom. The summed E-state index contributed by atoms with van der Waals surface area (Å²) in [6, 6.07) is 0.538. The third-order valence-electron chi connectivity index (χ3n) is 3.61. The molecule has 2 heterocycles. The summed E-state index contributed by atoms with van der Waals surface area (Å²) in [5, 5.41) is 6.43. The first-order valence-corrected chi connectivity index (χ1v) is 5.60. The first kappa shape index (κ1) is 8.68. The second kappa shape index (κ2) is 3.21. The highest BCUT2D eigenvalue weighted by molar-refractivity contribution is 5.83. The van der Waals surface area contributed by atoms with E-state index in [0.29, 0.717) is 6.04 Å². The fourth-order valence-corrected chi connectivity index (χ4v) is 2.57. The van der Waals surface area contributed by atoms with Crippen molar-refractivity contribution in [2.75, 3.05) is 26.2 Å². The van der Waals surface area contributed by atoms with Crippen LogP contribution in [0.25, 0.3) is 0 Å². The molecule has 2 N–H and O–H groups in total. The van der Waals surface area contributed by atoms with Gasteiger partial charge in [-0.2, -0.15) is 0 Å². The van der Waals surface area contributed by atoms with Gasteiger partial charge in [-0.05, 0) is 18.8 Å². The molecule has 3 fully saturated rings. The molecule has 2 atom stereocenters. The van der Waals surface area contributed by atoms with Crippen molar-refractivity contribution in [3.63, 3.8) is 0 Å². The predicted octanol–water partition coefficient (Wildman–Crippen LogP) is -0.831. The molecule has 0 aromatic heterocycles. The van der Waals surface area contributed by atoms with Gasteiger partial charge in [-0.15, -0.1) is 0 Å². The average molecular weight is 195 g/mol. The highest BCUT2D eigenvalue weighted by Crippen LogP contribution is 2.34. The lowest BCUT2D eigenvalue weighted by Crippen LogP contribution is -2.66. The van der Waals surface area contributed by atoms with Crippen molar-refractivity contribution in [2.45, 2.75) is 24.9 Å². The highest BCUT2D eigenvalue weighted by Gasteiger charge is 2.41. The molecule has 0 aromatic rings. The summed E-state index contributed by atoms with van der Waals surface area (Å²) in [7, 11) is 0. The monoisotopic (exact) mass is 195 g/mol. The standard InChI is InChI=1S/C10H17N3O/c14-10-9-5-11-3-4-13(9)6-8(12-10)7-1-2-7/h7-9,11H,1-6H2,(H,12,14)/t8?,9-/m0/s1. The molecule has 2 saturated heterocycles. The summed E-state index contributed by atoms with van der Waals surface area (Å²) < 4.78 is 0. The van der Waals surface area contributed by atoms with Crippen LogP contribution in [0.5, 0.6) is 0 Å². The number of hydrogen-bond donors (Lipinski definition) is 2. The van der Waals surface area contributed by atoms with Crippen molar-refractivity contribution in [3.8, 4) is 0 Å². The van der Waals surface area contributed by atoms with Crippen LogP contribution in [-0.2, 0) is 4.79 Å². The van der Waals surface area contributed by atoms with Crippen LogP contribution in [0.3, 0.4) is 0 Å². The maximum Gasteiger partial charge on any atom is 0.238 e. The van der Waals surface area contributed by atoms with Gasteiger partial charge >= 0.3 is 0 Å². The van der Waals surface area contributed by atoms with Crippen molar-refractivity contribution in [2.24, 2.45) is 5.92 Å². The summed E-state index contributed by atoms with van der Waals surface area (Å²) in [6.45, 7) is 3.95. The Balaban J connectivity index is 1.71. The number of nitrogens with zero attached hydrogens (tertiary/aromatic N) is 1. The Morgan fingerprint density at radius 3 is 3.00 bits per heavy atom. The molecule has 1 saturated carbocycles. The lowest BCUT2D eigenvalue weighted by molar-refractivity contribution is -0.131. The van der Waals surface area contributed by atoms with E-state index in [1.807, 2.05) is 0 Å². The van der Waals surface area contributed by atoms with Crippen LogP contribution in [0.4, 0.5) is 0 Å². The van der Waals surface area contributed by atoms with Crippen LogP contribution >= 0.6 is 0 Å². The third-order valence-corrected chi connectivity index (χ3v) is 3.61. The molecule has 0 bridgehead atoms. The van der Waals surface area contributed by atoms with E-state index in [2.05, 4.69) is 15.5 Å². The van der Waals surface area contributed by atoms with Crippen molar-refractivity contribution >= 4 is 5.91 Å². The molecular weight excluding hydrogens is 178 g/mol. The van der Waals surface area contributed by atoms with Crippen molar-refractivity contribution in [3.05, 3.63) is 0 Å². The van der Waals surface area contributed by atoms with Crippen LogP contribution in [0.15, 0.2) is 0 Å². The molecule has 1 unspecified atom stereocenters. The number of nitrogens with one attached hydrogen (secondary N) is 2.